The Balaban J connectivity index is 1.88. The number of para-hydroxylation sites is 1. The Morgan fingerprint density at radius 1 is 1.15 bits per heavy atom. The van der Waals surface area contributed by atoms with E-state index in [-0.39, 0.29) is 17.3 Å². The van der Waals surface area contributed by atoms with E-state index in [0.717, 1.165) is 5.56 Å². The molecule has 3 rings (SSSR count). The Hall–Kier alpha value is -3.19. The average Bonchev–Trinajstić information content (AvgIpc) is 2.67. The van der Waals surface area contributed by atoms with Crippen molar-refractivity contribution in [3.05, 3.63) is 77.7 Å². The lowest BCUT2D eigenvalue weighted by Crippen LogP contribution is -2.49. The molecule has 3 nitrogen and oxygen atoms in total. The molecule has 0 aliphatic heterocycles. The summed E-state index contributed by atoms with van der Waals surface area (Å²) >= 11 is 0. The predicted molar refractivity (Wildman–Crippen MR) is 106 cm³/mol. The van der Waals surface area contributed by atoms with Gasteiger partial charge in [-0.05, 0) is 37.1 Å². The number of hydrogen-bond donors (Lipinski definition) is 1. The molecule has 0 fully saturated rings. The zero-order chi connectivity index (χ0) is 19.4. The third kappa shape index (κ3) is 4.15. The first-order valence-electron chi connectivity index (χ1n) is 8.84. The average molecular weight is 360 g/mol. The molecule has 0 saturated heterocycles. The van der Waals surface area contributed by atoms with E-state index in [1.54, 1.807) is 18.2 Å². The van der Waals surface area contributed by atoms with Crippen LogP contribution in [0.3, 0.4) is 0 Å². The highest BCUT2D eigenvalue weighted by molar-refractivity contribution is 5.98. The molecule has 0 aliphatic rings. The van der Waals surface area contributed by atoms with Gasteiger partial charge in [0.15, 0.2) is 0 Å². The maximum atomic E-state index is 13.8. The fourth-order valence-corrected chi connectivity index (χ4v) is 2.60. The molecule has 136 valence electrons. The summed E-state index contributed by atoms with van der Waals surface area (Å²) in [5, 5.41) is 3.60. The highest BCUT2D eigenvalue weighted by Crippen LogP contribution is 2.19. The molecule has 0 spiro atoms. The van der Waals surface area contributed by atoms with Gasteiger partial charge in [-0.2, -0.15) is 0 Å². The van der Waals surface area contributed by atoms with Crippen LogP contribution in [-0.2, 0) is 0 Å². The number of rotatable bonds is 3. The van der Waals surface area contributed by atoms with Crippen LogP contribution in [0.1, 0.15) is 36.7 Å². The van der Waals surface area contributed by atoms with Crippen LogP contribution in [0.25, 0.3) is 10.9 Å². The first-order chi connectivity index (χ1) is 12.9. The van der Waals surface area contributed by atoms with E-state index in [4.69, 9.17) is 0 Å². The maximum absolute atomic E-state index is 13.8. The molecule has 4 heteroatoms. The molecule has 0 unspecified atom stereocenters. The van der Waals surface area contributed by atoms with Gasteiger partial charge in [0.05, 0.1) is 5.56 Å². The Morgan fingerprint density at radius 3 is 2.59 bits per heavy atom. The highest BCUT2D eigenvalue weighted by Gasteiger charge is 2.28. The number of carbonyl (C=O) groups is 1. The summed E-state index contributed by atoms with van der Waals surface area (Å²) in [4.78, 5) is 16.9. The number of fused-ring (bicyclic) bond motifs is 1. The molecule has 0 aliphatic carbocycles. The molecule has 1 atom stereocenters. The van der Waals surface area contributed by atoms with Gasteiger partial charge in [0, 0.05) is 17.1 Å². The van der Waals surface area contributed by atoms with Crippen molar-refractivity contribution in [2.45, 2.75) is 26.3 Å². The number of carbonyl (C=O) groups excluding carboxylic acids is 1. The molecule has 0 radical (unpaired) electrons. The van der Waals surface area contributed by atoms with Crippen molar-refractivity contribution in [2.75, 3.05) is 0 Å². The van der Waals surface area contributed by atoms with E-state index >= 15 is 0 Å². The molecular formula is C23H21FN2O. The van der Waals surface area contributed by atoms with Crippen molar-refractivity contribution in [2.24, 2.45) is 5.92 Å². The lowest BCUT2D eigenvalue weighted by atomic mass is 9.88. The summed E-state index contributed by atoms with van der Waals surface area (Å²) in [7, 11) is 0. The number of nitrogens with one attached hydrogen (secondary N) is 1. The lowest BCUT2D eigenvalue weighted by molar-refractivity contribution is 0.0908. The largest absolute Gasteiger partial charge is 0.336 e. The van der Waals surface area contributed by atoms with Crippen LogP contribution >= 0.6 is 0 Å². The number of amides is 1. The smallest absolute Gasteiger partial charge is 0.254 e. The van der Waals surface area contributed by atoms with Crippen LogP contribution in [0.15, 0.2) is 60.8 Å². The van der Waals surface area contributed by atoms with Crippen LogP contribution in [0, 0.1) is 23.6 Å². The maximum Gasteiger partial charge on any atom is 0.254 e. The van der Waals surface area contributed by atoms with Gasteiger partial charge in [-0.25, -0.2) is 4.39 Å². The van der Waals surface area contributed by atoms with Gasteiger partial charge in [0.1, 0.15) is 16.9 Å². The number of halogens is 1. The van der Waals surface area contributed by atoms with E-state index in [1.807, 2.05) is 51.1 Å². The minimum atomic E-state index is -0.718. The minimum absolute atomic E-state index is 0.0866. The predicted octanol–water partition coefficient (Wildman–Crippen LogP) is 4.57. The van der Waals surface area contributed by atoms with Crippen LogP contribution in [0.4, 0.5) is 4.39 Å². The molecule has 1 N–H and O–H groups in total. The van der Waals surface area contributed by atoms with Gasteiger partial charge in [0.25, 0.3) is 5.91 Å². The van der Waals surface area contributed by atoms with Gasteiger partial charge in [-0.3, -0.25) is 9.78 Å². The van der Waals surface area contributed by atoms with Crippen molar-refractivity contribution in [3.8, 4) is 11.8 Å². The Bertz CT molecular complexity index is 1030. The Labute approximate surface area is 158 Å². The summed E-state index contributed by atoms with van der Waals surface area (Å²) in [6, 6.07) is 16.0. The van der Waals surface area contributed by atoms with E-state index in [2.05, 4.69) is 22.1 Å². The monoisotopic (exact) mass is 360 g/mol. The summed E-state index contributed by atoms with van der Waals surface area (Å²) < 4.78 is 13.8. The number of aromatic nitrogens is 1. The van der Waals surface area contributed by atoms with Gasteiger partial charge in [0.2, 0.25) is 0 Å². The second-order valence-electron chi connectivity index (χ2n) is 6.96. The van der Waals surface area contributed by atoms with Gasteiger partial charge in [-0.15, -0.1) is 0 Å². The summed E-state index contributed by atoms with van der Waals surface area (Å²) in [5.41, 5.74) is 0.802. The zero-order valence-corrected chi connectivity index (χ0v) is 15.6. The first-order valence-corrected chi connectivity index (χ1v) is 8.84. The van der Waals surface area contributed by atoms with Crippen LogP contribution in [-0.4, -0.2) is 16.4 Å². The van der Waals surface area contributed by atoms with Crippen LogP contribution in [0.2, 0.25) is 0 Å². The topological polar surface area (TPSA) is 42.0 Å². The molecule has 3 aromatic rings. The highest BCUT2D eigenvalue weighted by atomic mass is 19.1. The molecular weight excluding hydrogens is 339 g/mol. The number of hydrogen-bond acceptors (Lipinski definition) is 2. The SMILES string of the molecule is CC(C)[C@](C)(C#Cc1ccccc1)NC(=O)c1cnc2c(F)cccc2c1. The van der Waals surface area contributed by atoms with E-state index in [0.29, 0.717) is 10.9 Å². The first kappa shape index (κ1) is 18.6. The second-order valence-corrected chi connectivity index (χ2v) is 6.96. The Morgan fingerprint density at radius 2 is 1.89 bits per heavy atom. The number of benzene rings is 2. The number of pyridine rings is 1. The fourth-order valence-electron chi connectivity index (χ4n) is 2.60. The Kier molecular flexibility index (Phi) is 5.23. The van der Waals surface area contributed by atoms with Gasteiger partial charge >= 0.3 is 0 Å². The number of nitrogens with zero attached hydrogens (tertiary/aromatic N) is 1. The molecule has 1 aromatic heterocycles. The van der Waals surface area contributed by atoms with Crippen LogP contribution in [0.5, 0.6) is 0 Å². The van der Waals surface area contributed by atoms with E-state index in [9.17, 15) is 9.18 Å². The molecule has 0 saturated carbocycles. The van der Waals surface area contributed by atoms with E-state index in [1.165, 1.54) is 12.3 Å². The molecule has 2 aromatic carbocycles. The van der Waals surface area contributed by atoms with Gasteiger partial charge in [-0.1, -0.05) is 56.0 Å². The minimum Gasteiger partial charge on any atom is -0.336 e. The van der Waals surface area contributed by atoms with Crippen molar-refractivity contribution < 1.29 is 9.18 Å². The quantitative estimate of drug-likeness (QED) is 0.695. The zero-order valence-electron chi connectivity index (χ0n) is 15.6. The summed E-state index contributed by atoms with van der Waals surface area (Å²) in [5.74, 6) is 5.73. The standard InChI is InChI=1S/C23H21FN2O/c1-16(2)23(3,13-12-17-8-5-4-6-9-17)26-22(27)19-14-18-10-7-11-20(24)21(18)25-15-19/h4-11,14-16H,1-3H3,(H,26,27)/t23-/m0/s1. The summed E-state index contributed by atoms with van der Waals surface area (Å²) in [6.45, 7) is 5.92. The normalized spacial score (nSPS) is 12.9. The van der Waals surface area contributed by atoms with Crippen molar-refractivity contribution in [3.63, 3.8) is 0 Å². The van der Waals surface area contributed by atoms with Crippen molar-refractivity contribution >= 4 is 16.8 Å². The molecule has 0 bridgehead atoms. The van der Waals surface area contributed by atoms with E-state index < -0.39 is 11.4 Å². The lowest BCUT2D eigenvalue weighted by Gasteiger charge is -2.29. The summed E-state index contributed by atoms with van der Waals surface area (Å²) in [6.07, 6.45) is 1.39. The second kappa shape index (κ2) is 7.59. The van der Waals surface area contributed by atoms with Crippen LogP contribution < -0.4 is 5.32 Å². The molecule has 1 amide bonds. The molecule has 1 heterocycles. The molecule has 27 heavy (non-hydrogen) atoms. The third-order valence-corrected chi connectivity index (χ3v) is 4.69. The van der Waals surface area contributed by atoms with Crippen molar-refractivity contribution in [1.82, 2.24) is 10.3 Å². The third-order valence-electron chi connectivity index (χ3n) is 4.69. The fraction of sp³-hybridized carbons (Fsp3) is 0.217. The van der Waals surface area contributed by atoms with Crippen molar-refractivity contribution in [1.29, 1.82) is 0 Å². The van der Waals surface area contributed by atoms with Gasteiger partial charge < -0.3 is 5.32 Å².